The van der Waals surface area contributed by atoms with E-state index in [2.05, 4.69) is 5.10 Å². The molecule has 0 spiro atoms. The van der Waals surface area contributed by atoms with Gasteiger partial charge in [-0.2, -0.15) is 13.5 Å². The van der Waals surface area contributed by atoms with Crippen LogP contribution in [0, 0.1) is 0 Å². The van der Waals surface area contributed by atoms with Crippen LogP contribution in [0.15, 0.2) is 17.3 Å². The Morgan fingerprint density at radius 1 is 1.54 bits per heavy atom. The summed E-state index contributed by atoms with van der Waals surface area (Å²) in [6, 6.07) is 0. The zero-order valence-electron chi connectivity index (χ0n) is 6.19. The summed E-state index contributed by atoms with van der Waals surface area (Å²) in [7, 11) is -4.85. The van der Waals surface area contributed by atoms with Gasteiger partial charge < -0.3 is 0 Å². The molecule has 1 rings (SSSR count). The monoisotopic (exact) mass is 214 g/mol. The van der Waals surface area contributed by atoms with E-state index in [4.69, 9.17) is 0 Å². The molecule has 0 radical (unpaired) electrons. The van der Waals surface area contributed by atoms with Crippen molar-refractivity contribution in [3.05, 3.63) is 12.4 Å². The molecule has 0 bridgehead atoms. The highest BCUT2D eigenvalue weighted by molar-refractivity contribution is 7.86. The normalized spacial score (nSPS) is 12.3. The van der Waals surface area contributed by atoms with E-state index in [1.807, 2.05) is 0 Å². The smallest absolute Gasteiger partial charge is 0.266 e. The fourth-order valence-electron chi connectivity index (χ4n) is 0.712. The Balaban J connectivity index is 2.88. The molecule has 0 aromatic carbocycles. The average Bonchev–Trinajstić information content (AvgIpc) is 2.32. The fraction of sp³-hybridized carbons (Fsp3) is 0.400. The minimum Gasteiger partial charge on any atom is -0.266 e. The number of rotatable bonds is 3. The summed E-state index contributed by atoms with van der Waals surface area (Å²) < 4.78 is 56.8. The van der Waals surface area contributed by atoms with Gasteiger partial charge in [-0.1, -0.05) is 0 Å². The predicted molar refractivity (Wildman–Crippen MR) is 36.5 cm³/mol. The molecule has 0 unspecified atom stereocenters. The van der Waals surface area contributed by atoms with Crippen LogP contribution in [0.25, 0.3) is 0 Å². The standard InChI is InChI=1S/C5H5F3N2O2S/c6-5(7)3-10-2-4(1-9-10)13(8,11)12/h1-2,5H,3H2. The molecular weight excluding hydrogens is 209 g/mol. The second-order valence-electron chi connectivity index (χ2n) is 2.23. The van der Waals surface area contributed by atoms with Gasteiger partial charge in [0.1, 0.15) is 11.4 Å². The largest absolute Gasteiger partial charge is 0.335 e. The molecule has 0 aliphatic carbocycles. The van der Waals surface area contributed by atoms with Gasteiger partial charge in [0.15, 0.2) is 0 Å². The maximum atomic E-state index is 12.2. The van der Waals surface area contributed by atoms with Crippen molar-refractivity contribution in [2.45, 2.75) is 17.9 Å². The topological polar surface area (TPSA) is 52.0 Å². The first-order valence-electron chi connectivity index (χ1n) is 3.15. The highest BCUT2D eigenvalue weighted by Crippen LogP contribution is 2.10. The van der Waals surface area contributed by atoms with Crippen LogP contribution >= 0.6 is 0 Å². The summed E-state index contributed by atoms with van der Waals surface area (Å²) in [4.78, 5) is -0.715. The molecular formula is C5H5F3N2O2S. The van der Waals surface area contributed by atoms with Crippen LogP contribution in [0.1, 0.15) is 0 Å². The van der Waals surface area contributed by atoms with Crippen LogP contribution in [-0.4, -0.2) is 24.6 Å². The molecule has 0 fully saturated rings. The fourth-order valence-corrected chi connectivity index (χ4v) is 1.13. The highest BCUT2D eigenvalue weighted by Gasteiger charge is 2.15. The summed E-state index contributed by atoms with van der Waals surface area (Å²) in [5.74, 6) is 0. The lowest BCUT2D eigenvalue weighted by Gasteiger charge is -1.97. The molecule has 0 atom stereocenters. The van der Waals surface area contributed by atoms with Gasteiger partial charge in [-0.05, 0) is 0 Å². The van der Waals surface area contributed by atoms with Crippen molar-refractivity contribution in [1.82, 2.24) is 9.78 Å². The molecule has 0 amide bonds. The molecule has 1 heterocycles. The van der Waals surface area contributed by atoms with E-state index in [1.165, 1.54) is 0 Å². The van der Waals surface area contributed by atoms with E-state index in [-0.39, 0.29) is 0 Å². The molecule has 0 saturated carbocycles. The number of aromatic nitrogens is 2. The number of hydrogen-bond acceptors (Lipinski definition) is 3. The Hall–Kier alpha value is -1.05. The third-order valence-electron chi connectivity index (χ3n) is 1.22. The number of nitrogens with zero attached hydrogens (tertiary/aromatic N) is 2. The maximum absolute atomic E-state index is 12.2. The molecule has 0 N–H and O–H groups in total. The lowest BCUT2D eigenvalue weighted by atomic mass is 10.7. The molecule has 13 heavy (non-hydrogen) atoms. The highest BCUT2D eigenvalue weighted by atomic mass is 32.3. The summed E-state index contributed by atoms with van der Waals surface area (Å²) in [6.45, 7) is -0.754. The molecule has 1 aromatic heterocycles. The molecule has 0 saturated heterocycles. The van der Waals surface area contributed by atoms with E-state index < -0.39 is 28.1 Å². The van der Waals surface area contributed by atoms with Crippen LogP contribution in [0.2, 0.25) is 0 Å². The van der Waals surface area contributed by atoms with Gasteiger partial charge in [-0.15, -0.1) is 3.89 Å². The third kappa shape index (κ3) is 2.72. The summed E-state index contributed by atoms with van der Waals surface area (Å²) in [5, 5.41) is 3.24. The molecule has 8 heteroatoms. The van der Waals surface area contributed by atoms with Crippen molar-refractivity contribution < 1.29 is 21.1 Å². The lowest BCUT2D eigenvalue weighted by Crippen LogP contribution is -2.06. The summed E-state index contributed by atoms with van der Waals surface area (Å²) in [5.41, 5.74) is 0. The van der Waals surface area contributed by atoms with E-state index in [1.54, 1.807) is 0 Å². The van der Waals surface area contributed by atoms with Crippen LogP contribution in [0.5, 0.6) is 0 Å². The van der Waals surface area contributed by atoms with Crippen molar-refractivity contribution in [1.29, 1.82) is 0 Å². The van der Waals surface area contributed by atoms with E-state index >= 15 is 0 Å². The third-order valence-corrected chi connectivity index (χ3v) is 1.99. The lowest BCUT2D eigenvalue weighted by molar-refractivity contribution is 0.121. The SMILES string of the molecule is O=S(=O)(F)c1cnn(CC(F)F)c1. The van der Waals surface area contributed by atoms with Gasteiger partial charge in [0, 0.05) is 6.20 Å². The number of alkyl halides is 2. The second-order valence-corrected chi connectivity index (χ2v) is 3.57. The van der Waals surface area contributed by atoms with E-state index in [0.29, 0.717) is 17.1 Å². The van der Waals surface area contributed by atoms with Gasteiger partial charge >= 0.3 is 10.2 Å². The Labute approximate surface area is 72.2 Å². The van der Waals surface area contributed by atoms with Crippen molar-refractivity contribution >= 4 is 10.2 Å². The first-order valence-corrected chi connectivity index (χ1v) is 4.53. The Morgan fingerprint density at radius 3 is 2.54 bits per heavy atom. The van der Waals surface area contributed by atoms with Gasteiger partial charge in [-0.25, -0.2) is 8.78 Å². The Kier molecular flexibility index (Phi) is 2.60. The van der Waals surface area contributed by atoms with E-state index in [0.717, 1.165) is 0 Å². The maximum Gasteiger partial charge on any atom is 0.335 e. The molecule has 0 aliphatic heterocycles. The van der Waals surface area contributed by atoms with Crippen molar-refractivity contribution in [3.8, 4) is 0 Å². The predicted octanol–water partition coefficient (Wildman–Crippen LogP) is 0.806. The molecule has 0 aliphatic rings. The van der Waals surface area contributed by atoms with Crippen molar-refractivity contribution in [2.75, 3.05) is 0 Å². The zero-order chi connectivity index (χ0) is 10.1. The van der Waals surface area contributed by atoms with Crippen LogP contribution in [-0.2, 0) is 16.8 Å². The molecule has 74 valence electrons. The molecule has 4 nitrogen and oxygen atoms in total. The van der Waals surface area contributed by atoms with Crippen LogP contribution in [0.4, 0.5) is 12.7 Å². The number of halogens is 3. The first kappa shape index (κ1) is 10.0. The molecule has 1 aromatic rings. The van der Waals surface area contributed by atoms with Gasteiger partial charge in [0.25, 0.3) is 6.43 Å². The van der Waals surface area contributed by atoms with E-state index in [9.17, 15) is 21.1 Å². The average molecular weight is 214 g/mol. The Morgan fingerprint density at radius 2 is 2.15 bits per heavy atom. The van der Waals surface area contributed by atoms with Crippen LogP contribution in [0.3, 0.4) is 0 Å². The number of hydrogen-bond donors (Lipinski definition) is 0. The van der Waals surface area contributed by atoms with Gasteiger partial charge in [-0.3, -0.25) is 4.68 Å². The minimum atomic E-state index is -4.85. The van der Waals surface area contributed by atoms with Crippen LogP contribution < -0.4 is 0 Å². The van der Waals surface area contributed by atoms with Gasteiger partial charge in [0.05, 0.1) is 6.20 Å². The van der Waals surface area contributed by atoms with Gasteiger partial charge in [0.2, 0.25) is 0 Å². The second kappa shape index (κ2) is 3.36. The van der Waals surface area contributed by atoms with Crippen molar-refractivity contribution in [3.63, 3.8) is 0 Å². The zero-order valence-corrected chi connectivity index (χ0v) is 7.01. The summed E-state index contributed by atoms with van der Waals surface area (Å²) in [6.07, 6.45) is -1.27. The first-order chi connectivity index (χ1) is 5.89. The van der Waals surface area contributed by atoms with Crippen molar-refractivity contribution in [2.24, 2.45) is 0 Å². The minimum absolute atomic E-state index is 0.664. The quantitative estimate of drug-likeness (QED) is 0.699. The Bertz CT molecular complexity index is 386. The summed E-state index contributed by atoms with van der Waals surface area (Å²) >= 11 is 0.